The number of benzene rings is 2. The zero-order chi connectivity index (χ0) is 20.8. The van der Waals surface area contributed by atoms with Crippen molar-refractivity contribution >= 4 is 46.6 Å². The molecule has 1 unspecified atom stereocenters. The van der Waals surface area contributed by atoms with E-state index < -0.39 is 5.25 Å². The van der Waals surface area contributed by atoms with Crippen molar-refractivity contribution in [1.82, 2.24) is 25.1 Å². The van der Waals surface area contributed by atoms with Crippen LogP contribution >= 0.6 is 35.0 Å². The Hall–Kier alpha value is -2.13. The van der Waals surface area contributed by atoms with Gasteiger partial charge in [-0.25, -0.2) is 4.68 Å². The summed E-state index contributed by atoms with van der Waals surface area (Å²) in [5.74, 6) is -0.221. The lowest BCUT2D eigenvalue weighted by Crippen LogP contribution is -2.21. The molecule has 0 bridgehead atoms. The van der Waals surface area contributed by atoms with E-state index in [2.05, 4.69) is 20.8 Å². The van der Waals surface area contributed by atoms with Crippen molar-refractivity contribution in [3.63, 3.8) is 0 Å². The highest BCUT2D eigenvalue weighted by Crippen LogP contribution is 2.35. The summed E-state index contributed by atoms with van der Waals surface area (Å²) in [7, 11) is 3.96. The van der Waals surface area contributed by atoms with Gasteiger partial charge in [0.25, 0.3) is 0 Å². The molecule has 0 saturated carbocycles. The molecular formula is C19H20Cl2N6OS. The van der Waals surface area contributed by atoms with Crippen molar-refractivity contribution in [2.75, 3.05) is 26.0 Å². The van der Waals surface area contributed by atoms with Crippen LogP contribution in [0, 0.1) is 0 Å². The molecule has 0 aliphatic carbocycles. The smallest absolute Gasteiger partial charge is 0.242 e. The van der Waals surface area contributed by atoms with Crippen LogP contribution in [0.15, 0.2) is 53.7 Å². The minimum absolute atomic E-state index is 0.221. The van der Waals surface area contributed by atoms with Gasteiger partial charge in [-0.2, -0.15) is 0 Å². The Kier molecular flexibility index (Phi) is 7.49. The van der Waals surface area contributed by atoms with E-state index in [4.69, 9.17) is 23.2 Å². The summed E-state index contributed by atoms with van der Waals surface area (Å²) >= 11 is 13.4. The van der Waals surface area contributed by atoms with Gasteiger partial charge in [-0.05, 0) is 48.3 Å². The summed E-state index contributed by atoms with van der Waals surface area (Å²) in [6.07, 6.45) is 0. The number of carbonyl (C=O) groups excluding carboxylic acids is 1. The van der Waals surface area contributed by atoms with Crippen LogP contribution < -0.4 is 5.32 Å². The molecule has 7 nitrogen and oxygen atoms in total. The molecular weight excluding hydrogens is 431 g/mol. The summed E-state index contributed by atoms with van der Waals surface area (Å²) in [5.41, 5.74) is 1.37. The predicted octanol–water partition coefficient (Wildman–Crippen LogP) is 4.01. The second kappa shape index (κ2) is 10.1. The molecule has 1 aromatic heterocycles. The predicted molar refractivity (Wildman–Crippen MR) is 117 cm³/mol. The minimum atomic E-state index is -0.557. The van der Waals surface area contributed by atoms with Crippen molar-refractivity contribution in [3.8, 4) is 0 Å². The average Bonchev–Trinajstić information content (AvgIpc) is 3.11. The second-order valence-corrected chi connectivity index (χ2v) is 8.49. The van der Waals surface area contributed by atoms with E-state index in [1.54, 1.807) is 22.9 Å². The van der Waals surface area contributed by atoms with Crippen LogP contribution in [-0.4, -0.2) is 51.7 Å². The standard InChI is InChI=1S/C19H20Cl2N6OS/c1-26(2)8-9-27-19(23-24-25-27)29-17(13-6-4-3-5-7-13)18(28)22-16-11-14(20)10-15(21)12-16/h3-7,10-12,17H,8-9H2,1-2H3,(H,22,28). The lowest BCUT2D eigenvalue weighted by atomic mass is 10.1. The molecule has 29 heavy (non-hydrogen) atoms. The third kappa shape index (κ3) is 6.17. The summed E-state index contributed by atoms with van der Waals surface area (Å²) in [6, 6.07) is 14.4. The van der Waals surface area contributed by atoms with Gasteiger partial charge in [-0.1, -0.05) is 65.3 Å². The number of hydrogen-bond donors (Lipinski definition) is 1. The first-order valence-electron chi connectivity index (χ1n) is 8.82. The maximum Gasteiger partial charge on any atom is 0.242 e. The van der Waals surface area contributed by atoms with Gasteiger partial charge in [0.15, 0.2) is 0 Å². The van der Waals surface area contributed by atoms with Crippen LogP contribution in [0.5, 0.6) is 0 Å². The monoisotopic (exact) mass is 450 g/mol. The van der Waals surface area contributed by atoms with Crippen molar-refractivity contribution in [1.29, 1.82) is 0 Å². The van der Waals surface area contributed by atoms with Gasteiger partial charge in [0.2, 0.25) is 11.1 Å². The maximum atomic E-state index is 13.1. The number of aromatic nitrogens is 4. The Bertz CT molecular complexity index is 946. The quantitative estimate of drug-likeness (QED) is 0.522. The Morgan fingerprint density at radius 2 is 1.86 bits per heavy atom. The first kappa shape index (κ1) is 21.6. The van der Waals surface area contributed by atoms with Gasteiger partial charge < -0.3 is 10.2 Å². The van der Waals surface area contributed by atoms with E-state index >= 15 is 0 Å². The van der Waals surface area contributed by atoms with Crippen LogP contribution in [0.25, 0.3) is 0 Å². The molecule has 2 aromatic carbocycles. The molecule has 152 valence electrons. The van der Waals surface area contributed by atoms with Crippen LogP contribution in [0.2, 0.25) is 10.0 Å². The molecule has 3 aromatic rings. The van der Waals surface area contributed by atoms with Gasteiger partial charge in [0, 0.05) is 22.3 Å². The summed E-state index contributed by atoms with van der Waals surface area (Å²) in [6.45, 7) is 1.40. The first-order chi connectivity index (χ1) is 13.9. The van der Waals surface area contributed by atoms with E-state index in [9.17, 15) is 4.79 Å². The number of nitrogens with one attached hydrogen (secondary N) is 1. The Labute approximate surface area is 183 Å². The highest BCUT2D eigenvalue weighted by molar-refractivity contribution is 8.00. The van der Waals surface area contributed by atoms with E-state index in [-0.39, 0.29) is 5.91 Å². The summed E-state index contributed by atoms with van der Waals surface area (Å²) in [5, 5.41) is 15.7. The van der Waals surface area contributed by atoms with Crippen LogP contribution in [0.3, 0.4) is 0 Å². The molecule has 0 aliphatic heterocycles. The van der Waals surface area contributed by atoms with Crippen LogP contribution in [0.1, 0.15) is 10.8 Å². The number of anilines is 1. The molecule has 0 radical (unpaired) electrons. The lowest BCUT2D eigenvalue weighted by molar-refractivity contribution is -0.115. The van der Waals surface area contributed by atoms with Gasteiger partial charge in [0.1, 0.15) is 5.25 Å². The van der Waals surface area contributed by atoms with Crippen molar-refractivity contribution in [3.05, 3.63) is 64.1 Å². The van der Waals surface area contributed by atoms with Crippen molar-refractivity contribution in [2.45, 2.75) is 17.0 Å². The van der Waals surface area contributed by atoms with Crippen molar-refractivity contribution < 1.29 is 4.79 Å². The lowest BCUT2D eigenvalue weighted by Gasteiger charge is -2.17. The van der Waals surface area contributed by atoms with Gasteiger partial charge >= 0.3 is 0 Å². The normalized spacial score (nSPS) is 12.2. The zero-order valence-corrected chi connectivity index (χ0v) is 18.2. The maximum absolute atomic E-state index is 13.1. The fourth-order valence-corrected chi connectivity index (χ4v) is 4.09. The highest BCUT2D eigenvalue weighted by Gasteiger charge is 2.25. The molecule has 1 N–H and O–H groups in total. The molecule has 0 aliphatic rings. The van der Waals surface area contributed by atoms with Gasteiger partial charge in [0.05, 0.1) is 6.54 Å². The molecule has 1 atom stereocenters. The van der Waals surface area contributed by atoms with Gasteiger partial charge in [-0.3, -0.25) is 4.79 Å². The number of nitrogens with zero attached hydrogens (tertiary/aromatic N) is 5. The number of halogens is 2. The first-order valence-corrected chi connectivity index (χ1v) is 10.5. The molecule has 10 heteroatoms. The number of hydrogen-bond acceptors (Lipinski definition) is 6. The van der Waals surface area contributed by atoms with E-state index in [0.29, 0.717) is 27.4 Å². The Balaban J connectivity index is 1.84. The van der Waals surface area contributed by atoms with E-state index in [1.165, 1.54) is 11.8 Å². The van der Waals surface area contributed by atoms with Crippen LogP contribution in [-0.2, 0) is 11.3 Å². The topological polar surface area (TPSA) is 75.9 Å². The zero-order valence-electron chi connectivity index (χ0n) is 15.9. The van der Waals surface area contributed by atoms with E-state index in [0.717, 1.165) is 12.1 Å². The number of rotatable bonds is 8. The van der Waals surface area contributed by atoms with Crippen molar-refractivity contribution in [2.24, 2.45) is 0 Å². The number of carbonyl (C=O) groups is 1. The fraction of sp³-hybridized carbons (Fsp3) is 0.263. The third-order valence-electron chi connectivity index (χ3n) is 3.95. The van der Waals surface area contributed by atoms with E-state index in [1.807, 2.05) is 49.3 Å². The summed E-state index contributed by atoms with van der Waals surface area (Å²) in [4.78, 5) is 15.2. The molecule has 0 spiro atoms. The number of thioether (sulfide) groups is 1. The molecule has 1 amide bonds. The SMILES string of the molecule is CN(C)CCn1nnnc1SC(C(=O)Nc1cc(Cl)cc(Cl)c1)c1ccccc1. The molecule has 0 saturated heterocycles. The number of tetrazole rings is 1. The molecule has 0 fully saturated rings. The highest BCUT2D eigenvalue weighted by atomic mass is 35.5. The molecule has 1 heterocycles. The Morgan fingerprint density at radius 1 is 1.17 bits per heavy atom. The fourth-order valence-electron chi connectivity index (χ4n) is 2.56. The average molecular weight is 451 g/mol. The summed E-state index contributed by atoms with van der Waals surface area (Å²) < 4.78 is 1.70. The van der Waals surface area contributed by atoms with Crippen LogP contribution in [0.4, 0.5) is 5.69 Å². The largest absolute Gasteiger partial charge is 0.325 e. The molecule has 3 rings (SSSR count). The second-order valence-electron chi connectivity index (χ2n) is 6.54. The minimum Gasteiger partial charge on any atom is -0.325 e. The Morgan fingerprint density at radius 3 is 2.52 bits per heavy atom. The third-order valence-corrected chi connectivity index (χ3v) is 5.61. The van der Waals surface area contributed by atoms with Gasteiger partial charge in [-0.15, -0.1) is 5.10 Å². The number of amides is 1. The number of likely N-dealkylation sites (N-methyl/N-ethyl adjacent to an activating group) is 1.